The molecule has 164 valence electrons. The van der Waals surface area contributed by atoms with E-state index in [4.69, 9.17) is 17.3 Å². The quantitative estimate of drug-likeness (QED) is 0.503. The third kappa shape index (κ3) is 6.49. The standard InChI is InChI=1S/C13H19N.C12H13ClN4/c1-9(2)11-5-6-12(8-14)13(7-11)10-3-4-10;1-9(2)3-4-10-7-11(13)5-6-12(10)17-8-14-15-16-17/h5-7,9-10H,3-4,8,14H2,1-2H3;3-9H,1-2H3/b;4-3+. The molecule has 0 bridgehead atoms. The van der Waals surface area contributed by atoms with Crippen LogP contribution in [0.15, 0.2) is 48.8 Å². The maximum Gasteiger partial charge on any atom is 0.143 e. The molecule has 1 aromatic heterocycles. The molecule has 0 spiro atoms. The van der Waals surface area contributed by atoms with Crippen molar-refractivity contribution in [2.45, 2.75) is 58.9 Å². The first-order chi connectivity index (χ1) is 14.9. The first kappa shape index (κ1) is 23.2. The summed E-state index contributed by atoms with van der Waals surface area (Å²) >= 11 is 6.00. The van der Waals surface area contributed by atoms with E-state index in [0.717, 1.165) is 17.2 Å². The second kappa shape index (κ2) is 10.7. The smallest absolute Gasteiger partial charge is 0.143 e. The number of nitrogens with two attached hydrogens (primary N) is 1. The number of tetrazole rings is 1. The van der Waals surface area contributed by atoms with Gasteiger partial charge in [0.05, 0.1) is 5.69 Å². The molecule has 0 saturated heterocycles. The molecule has 2 aromatic carbocycles. The van der Waals surface area contributed by atoms with Crippen LogP contribution in [0.2, 0.25) is 5.02 Å². The monoisotopic (exact) mass is 437 g/mol. The lowest BCUT2D eigenvalue weighted by Crippen LogP contribution is -2.02. The highest BCUT2D eigenvalue weighted by Crippen LogP contribution is 2.42. The summed E-state index contributed by atoms with van der Waals surface area (Å²) in [4.78, 5) is 0. The zero-order chi connectivity index (χ0) is 22.4. The Morgan fingerprint density at radius 2 is 1.90 bits per heavy atom. The van der Waals surface area contributed by atoms with E-state index < -0.39 is 0 Å². The molecule has 2 N–H and O–H groups in total. The number of rotatable bonds is 6. The van der Waals surface area contributed by atoms with E-state index in [9.17, 15) is 0 Å². The maximum absolute atomic E-state index is 6.00. The number of nitrogens with zero attached hydrogens (tertiary/aromatic N) is 4. The lowest BCUT2D eigenvalue weighted by atomic mass is 9.95. The van der Waals surface area contributed by atoms with Crippen LogP contribution in [0.5, 0.6) is 0 Å². The molecule has 1 fully saturated rings. The van der Waals surface area contributed by atoms with E-state index in [1.54, 1.807) is 11.0 Å². The Morgan fingerprint density at radius 1 is 1.13 bits per heavy atom. The van der Waals surface area contributed by atoms with Crippen molar-refractivity contribution >= 4 is 17.7 Å². The fourth-order valence-electron chi connectivity index (χ4n) is 3.37. The van der Waals surface area contributed by atoms with Gasteiger partial charge in [0.25, 0.3) is 0 Å². The predicted octanol–water partition coefficient (Wildman–Crippen LogP) is 6.13. The highest BCUT2D eigenvalue weighted by atomic mass is 35.5. The molecular weight excluding hydrogens is 406 g/mol. The van der Waals surface area contributed by atoms with Crippen molar-refractivity contribution < 1.29 is 0 Å². The van der Waals surface area contributed by atoms with Crippen molar-refractivity contribution in [2.24, 2.45) is 11.7 Å². The second-order valence-corrected chi connectivity index (χ2v) is 9.09. The summed E-state index contributed by atoms with van der Waals surface area (Å²) in [5.41, 5.74) is 12.0. The topological polar surface area (TPSA) is 69.6 Å². The Morgan fingerprint density at radius 3 is 2.48 bits per heavy atom. The van der Waals surface area contributed by atoms with Crippen LogP contribution in [0, 0.1) is 5.92 Å². The Hall–Kier alpha value is -2.50. The van der Waals surface area contributed by atoms with Gasteiger partial charge in [0, 0.05) is 17.1 Å². The molecule has 5 nitrogen and oxygen atoms in total. The minimum Gasteiger partial charge on any atom is -0.326 e. The Bertz CT molecular complexity index is 1000. The van der Waals surface area contributed by atoms with Crippen molar-refractivity contribution in [3.05, 3.63) is 76.1 Å². The Labute approximate surface area is 190 Å². The van der Waals surface area contributed by atoms with Crippen LogP contribution in [-0.4, -0.2) is 20.2 Å². The minimum absolute atomic E-state index is 0.482. The zero-order valence-electron chi connectivity index (χ0n) is 18.8. The second-order valence-electron chi connectivity index (χ2n) is 8.65. The van der Waals surface area contributed by atoms with Crippen LogP contribution in [0.4, 0.5) is 0 Å². The molecule has 0 radical (unpaired) electrons. The predicted molar refractivity (Wildman–Crippen MR) is 128 cm³/mol. The SMILES string of the molecule is CC(C)/C=C/c1cc(Cl)ccc1-n1cnnn1.CC(C)c1ccc(CN)c(C2CC2)c1. The Kier molecular flexibility index (Phi) is 7.99. The fraction of sp³-hybridized carbons (Fsp3) is 0.400. The third-order valence-electron chi connectivity index (χ3n) is 5.32. The maximum atomic E-state index is 6.00. The summed E-state index contributed by atoms with van der Waals surface area (Å²) < 4.78 is 1.62. The molecule has 1 saturated carbocycles. The number of aromatic nitrogens is 4. The van der Waals surface area contributed by atoms with Gasteiger partial charge in [0.2, 0.25) is 0 Å². The molecule has 0 aliphatic heterocycles. The molecule has 4 rings (SSSR count). The summed E-state index contributed by atoms with van der Waals surface area (Å²) in [5.74, 6) is 1.92. The first-order valence-electron chi connectivity index (χ1n) is 10.9. The highest BCUT2D eigenvalue weighted by Gasteiger charge is 2.25. The summed E-state index contributed by atoms with van der Waals surface area (Å²) in [6.45, 7) is 9.42. The summed E-state index contributed by atoms with van der Waals surface area (Å²) in [6.07, 6.45) is 8.42. The zero-order valence-corrected chi connectivity index (χ0v) is 19.5. The molecule has 3 aromatic rings. The number of benzene rings is 2. The van der Waals surface area contributed by atoms with Gasteiger partial charge in [-0.3, -0.25) is 0 Å². The largest absolute Gasteiger partial charge is 0.326 e. The van der Waals surface area contributed by atoms with Gasteiger partial charge in [0.1, 0.15) is 6.33 Å². The molecule has 0 unspecified atom stereocenters. The van der Waals surface area contributed by atoms with Gasteiger partial charge in [-0.2, -0.15) is 4.68 Å². The van der Waals surface area contributed by atoms with Gasteiger partial charge in [-0.1, -0.05) is 69.6 Å². The lowest BCUT2D eigenvalue weighted by molar-refractivity contribution is 0.787. The van der Waals surface area contributed by atoms with Crippen LogP contribution < -0.4 is 5.73 Å². The molecule has 6 heteroatoms. The third-order valence-corrected chi connectivity index (χ3v) is 5.55. The highest BCUT2D eigenvalue weighted by molar-refractivity contribution is 6.30. The van der Waals surface area contributed by atoms with Crippen molar-refractivity contribution in [1.82, 2.24) is 20.2 Å². The average molecular weight is 438 g/mol. The molecule has 0 amide bonds. The molecule has 31 heavy (non-hydrogen) atoms. The molecular formula is C25H32ClN5. The van der Waals surface area contributed by atoms with Crippen LogP contribution >= 0.6 is 11.6 Å². The minimum atomic E-state index is 0.482. The van der Waals surface area contributed by atoms with E-state index in [2.05, 4.69) is 67.5 Å². The van der Waals surface area contributed by atoms with Gasteiger partial charge >= 0.3 is 0 Å². The lowest BCUT2D eigenvalue weighted by Gasteiger charge is -2.11. The number of halogens is 1. The fourth-order valence-corrected chi connectivity index (χ4v) is 3.55. The molecule has 1 aliphatic carbocycles. The van der Waals surface area contributed by atoms with E-state index >= 15 is 0 Å². The van der Waals surface area contributed by atoms with Gasteiger partial charge in [-0.05, 0) is 75.9 Å². The van der Waals surface area contributed by atoms with Crippen LogP contribution in [-0.2, 0) is 6.54 Å². The number of hydrogen-bond acceptors (Lipinski definition) is 4. The normalized spacial score (nSPS) is 13.7. The number of allylic oxidation sites excluding steroid dienone is 1. The van der Waals surface area contributed by atoms with E-state index in [-0.39, 0.29) is 0 Å². The molecule has 1 aliphatic rings. The first-order valence-corrected chi connectivity index (χ1v) is 11.3. The van der Waals surface area contributed by atoms with Gasteiger partial charge in [-0.15, -0.1) is 5.10 Å². The van der Waals surface area contributed by atoms with Crippen molar-refractivity contribution in [1.29, 1.82) is 0 Å². The average Bonchev–Trinajstić information content (AvgIpc) is 3.46. The summed E-state index contributed by atoms with van der Waals surface area (Å²) in [6, 6.07) is 12.4. The van der Waals surface area contributed by atoms with Gasteiger partial charge in [0.15, 0.2) is 0 Å². The summed E-state index contributed by atoms with van der Waals surface area (Å²) in [5, 5.41) is 11.8. The van der Waals surface area contributed by atoms with Crippen LogP contribution in [0.3, 0.4) is 0 Å². The number of hydrogen-bond donors (Lipinski definition) is 1. The van der Waals surface area contributed by atoms with Gasteiger partial charge in [-0.25, -0.2) is 0 Å². The van der Waals surface area contributed by atoms with Gasteiger partial charge < -0.3 is 5.73 Å². The van der Waals surface area contributed by atoms with E-state index in [0.29, 0.717) is 23.4 Å². The summed E-state index contributed by atoms with van der Waals surface area (Å²) in [7, 11) is 0. The van der Waals surface area contributed by atoms with Crippen molar-refractivity contribution in [3.63, 3.8) is 0 Å². The molecule has 0 atom stereocenters. The van der Waals surface area contributed by atoms with Crippen LogP contribution in [0.25, 0.3) is 11.8 Å². The van der Waals surface area contributed by atoms with E-state index in [1.807, 2.05) is 24.3 Å². The molecule has 1 heterocycles. The Balaban J connectivity index is 0.000000179. The van der Waals surface area contributed by atoms with Crippen molar-refractivity contribution in [3.8, 4) is 5.69 Å². The van der Waals surface area contributed by atoms with Crippen LogP contribution in [0.1, 0.15) is 74.6 Å². The van der Waals surface area contributed by atoms with Crippen molar-refractivity contribution in [2.75, 3.05) is 0 Å². The van der Waals surface area contributed by atoms with E-state index in [1.165, 1.54) is 29.5 Å².